The van der Waals surface area contributed by atoms with Crippen LogP contribution in [0, 0.1) is 17.8 Å². The number of carbonyl (C=O) groups is 3. The number of hydrogen-bond donors (Lipinski definition) is 1. The van der Waals surface area contributed by atoms with E-state index in [9.17, 15) is 14.4 Å². The van der Waals surface area contributed by atoms with Crippen molar-refractivity contribution in [2.75, 3.05) is 7.11 Å². The van der Waals surface area contributed by atoms with Gasteiger partial charge in [-0.1, -0.05) is 12.2 Å². The highest BCUT2D eigenvalue weighted by Gasteiger charge is 2.47. The van der Waals surface area contributed by atoms with Crippen LogP contribution in [-0.2, 0) is 14.3 Å². The first-order valence-corrected chi connectivity index (χ1v) is 12.6. The Morgan fingerprint density at radius 1 is 1.18 bits per heavy atom. The van der Waals surface area contributed by atoms with Crippen molar-refractivity contribution in [3.63, 3.8) is 0 Å². The van der Waals surface area contributed by atoms with Crippen molar-refractivity contribution in [1.29, 1.82) is 0 Å². The van der Waals surface area contributed by atoms with Crippen LogP contribution < -0.4 is 10.1 Å². The third-order valence-electron chi connectivity index (χ3n) is 6.99. The van der Waals surface area contributed by atoms with Crippen molar-refractivity contribution in [3.05, 3.63) is 41.3 Å². The molecule has 1 amide bonds. The van der Waals surface area contributed by atoms with Gasteiger partial charge in [-0.3, -0.25) is 14.4 Å². The Labute approximate surface area is 198 Å². The Hall–Kier alpha value is -2.67. The zero-order valence-electron chi connectivity index (χ0n) is 19.2. The van der Waals surface area contributed by atoms with Crippen LogP contribution >= 0.6 is 11.3 Å². The second kappa shape index (κ2) is 10.5. The number of methoxy groups -OCH3 is 1. The van der Waals surface area contributed by atoms with Gasteiger partial charge in [0.1, 0.15) is 5.75 Å². The van der Waals surface area contributed by atoms with Crippen LogP contribution in [0.5, 0.6) is 5.75 Å². The molecule has 0 spiro atoms. The molecule has 176 valence electrons. The number of nitrogens with one attached hydrogen (secondary N) is 1. The summed E-state index contributed by atoms with van der Waals surface area (Å²) in [6.45, 7) is 1.37. The van der Waals surface area contributed by atoms with E-state index in [4.69, 9.17) is 4.74 Å². The first-order valence-electron chi connectivity index (χ1n) is 11.7. The fourth-order valence-corrected chi connectivity index (χ4v) is 6.38. The second-order valence-corrected chi connectivity index (χ2v) is 9.98. The number of amides is 1. The minimum absolute atomic E-state index is 0.0502. The number of allylic oxidation sites excluding steroid dienone is 2. The molecule has 1 aromatic heterocycles. The van der Waals surface area contributed by atoms with Gasteiger partial charge in [-0.25, -0.2) is 0 Å². The molecular formula is C26H31NO5S. The summed E-state index contributed by atoms with van der Waals surface area (Å²) in [5.74, 6) is 1.52. The maximum absolute atomic E-state index is 13.3. The van der Waals surface area contributed by atoms with Crippen molar-refractivity contribution in [2.24, 2.45) is 17.8 Å². The van der Waals surface area contributed by atoms with Crippen molar-refractivity contribution < 1.29 is 23.9 Å². The zero-order valence-corrected chi connectivity index (χ0v) is 20.0. The molecule has 0 aliphatic heterocycles. The van der Waals surface area contributed by atoms with Gasteiger partial charge in [0.25, 0.3) is 5.91 Å². The van der Waals surface area contributed by atoms with E-state index in [-0.39, 0.29) is 23.9 Å². The molecule has 2 bridgehead atoms. The highest BCUT2D eigenvalue weighted by Crippen LogP contribution is 2.50. The summed E-state index contributed by atoms with van der Waals surface area (Å²) in [7, 11) is 1.42. The minimum Gasteiger partial charge on any atom is -0.469 e. The van der Waals surface area contributed by atoms with Crippen LogP contribution in [0.2, 0.25) is 0 Å². The summed E-state index contributed by atoms with van der Waals surface area (Å²) in [6, 6.07) is 5.60. The summed E-state index contributed by atoms with van der Waals surface area (Å²) < 4.78 is 10.9. The average molecular weight is 470 g/mol. The lowest BCUT2D eigenvalue weighted by atomic mass is 9.82. The van der Waals surface area contributed by atoms with Crippen molar-refractivity contribution in [2.45, 2.75) is 57.9 Å². The highest BCUT2D eigenvalue weighted by atomic mass is 32.1. The predicted molar refractivity (Wildman–Crippen MR) is 128 cm³/mol. The Bertz CT molecular complexity index is 1060. The number of fused-ring (bicyclic) bond motifs is 3. The number of carbonyl (C=O) groups excluding carboxylic acids is 3. The third kappa shape index (κ3) is 5.46. The monoisotopic (exact) mass is 469 g/mol. The van der Waals surface area contributed by atoms with E-state index < -0.39 is 0 Å². The lowest BCUT2D eigenvalue weighted by Gasteiger charge is -2.31. The highest BCUT2D eigenvalue weighted by molar-refractivity contribution is 7.17. The minimum atomic E-state index is -0.376. The van der Waals surface area contributed by atoms with Crippen LogP contribution in [0.4, 0.5) is 0 Å². The van der Waals surface area contributed by atoms with Gasteiger partial charge in [0.2, 0.25) is 0 Å². The van der Waals surface area contributed by atoms with E-state index in [1.807, 2.05) is 11.4 Å². The smallest absolute Gasteiger partial charge is 0.308 e. The second-order valence-electron chi connectivity index (χ2n) is 9.07. The van der Waals surface area contributed by atoms with E-state index in [1.54, 1.807) is 12.1 Å². The van der Waals surface area contributed by atoms with Crippen molar-refractivity contribution in [3.8, 4) is 5.75 Å². The molecular weight excluding hydrogens is 438 g/mol. The predicted octanol–water partition coefficient (Wildman–Crippen LogP) is 5.26. The molecule has 2 aliphatic carbocycles. The maximum Gasteiger partial charge on any atom is 0.308 e. The molecule has 6 nitrogen and oxygen atoms in total. The molecule has 1 aromatic carbocycles. The summed E-state index contributed by atoms with van der Waals surface area (Å²) in [5, 5.41) is 6.07. The molecule has 4 atom stereocenters. The van der Waals surface area contributed by atoms with E-state index in [1.165, 1.54) is 44.6 Å². The largest absolute Gasteiger partial charge is 0.469 e. The van der Waals surface area contributed by atoms with Gasteiger partial charge in [0.15, 0.2) is 0 Å². The lowest BCUT2D eigenvalue weighted by molar-refractivity contribution is -0.140. The molecule has 4 rings (SSSR count). The normalized spacial score (nSPS) is 23.8. The molecule has 1 N–H and O–H groups in total. The molecule has 0 unspecified atom stereocenters. The number of hydrogen-bond acceptors (Lipinski definition) is 6. The van der Waals surface area contributed by atoms with Crippen molar-refractivity contribution in [1.82, 2.24) is 5.32 Å². The summed E-state index contributed by atoms with van der Waals surface area (Å²) in [6.07, 6.45) is 11.0. The molecule has 7 heteroatoms. The lowest BCUT2D eigenvalue weighted by Crippen LogP contribution is -2.43. The molecule has 2 aromatic rings. The first kappa shape index (κ1) is 23.5. The SMILES string of the molecule is COC(=O)CCC/C=C\C[C@H]1[C@H]2CC[C@H](C2)[C@@H]1NC(=O)c1csc2ccc(OC(C)=O)cc12. The van der Waals surface area contributed by atoms with Gasteiger partial charge in [-0.2, -0.15) is 0 Å². The van der Waals surface area contributed by atoms with Crippen LogP contribution in [0.25, 0.3) is 10.1 Å². The quantitative estimate of drug-likeness (QED) is 0.234. The Morgan fingerprint density at radius 2 is 2.00 bits per heavy atom. The van der Waals surface area contributed by atoms with Gasteiger partial charge in [-0.15, -0.1) is 11.3 Å². The molecule has 0 radical (unpaired) electrons. The molecule has 2 aliphatic rings. The Balaban J connectivity index is 1.40. The number of ether oxygens (including phenoxy) is 2. The first-order chi connectivity index (χ1) is 16.0. The summed E-state index contributed by atoms with van der Waals surface area (Å²) in [5.41, 5.74) is 0.642. The number of thiophene rings is 1. The number of benzene rings is 1. The van der Waals surface area contributed by atoms with E-state index in [0.717, 1.165) is 29.3 Å². The van der Waals surface area contributed by atoms with Crippen LogP contribution in [0.15, 0.2) is 35.7 Å². The Kier molecular flexibility index (Phi) is 7.48. The fraction of sp³-hybridized carbons (Fsp3) is 0.500. The van der Waals surface area contributed by atoms with Crippen LogP contribution in [0.3, 0.4) is 0 Å². The molecule has 1 heterocycles. The molecule has 2 saturated carbocycles. The van der Waals surface area contributed by atoms with Gasteiger partial charge in [0, 0.05) is 34.9 Å². The standard InChI is InChI=1S/C26H31NO5S/c1-16(28)32-19-11-12-23-21(14-19)22(15-33-23)26(30)27-25-18-10-9-17(13-18)20(25)7-5-3-4-6-8-24(29)31-2/h3,5,11-12,14-15,17-18,20,25H,4,6-10,13H2,1-2H3,(H,27,30)/b5-3-/t17-,18+,20-,25-/m0/s1. The summed E-state index contributed by atoms with van der Waals surface area (Å²) in [4.78, 5) is 35.8. The van der Waals surface area contributed by atoms with E-state index >= 15 is 0 Å². The molecule has 33 heavy (non-hydrogen) atoms. The van der Waals surface area contributed by atoms with Crippen LogP contribution in [0.1, 0.15) is 62.2 Å². The number of rotatable bonds is 9. The van der Waals surface area contributed by atoms with E-state index in [0.29, 0.717) is 35.5 Å². The topological polar surface area (TPSA) is 81.7 Å². The van der Waals surface area contributed by atoms with Crippen LogP contribution in [-0.4, -0.2) is 31.0 Å². The number of esters is 2. The number of unbranched alkanes of at least 4 members (excludes halogenated alkanes) is 1. The van der Waals surface area contributed by atoms with Crippen molar-refractivity contribution >= 4 is 39.3 Å². The Morgan fingerprint density at radius 3 is 2.79 bits per heavy atom. The maximum atomic E-state index is 13.3. The van der Waals surface area contributed by atoms with Gasteiger partial charge >= 0.3 is 11.9 Å². The van der Waals surface area contributed by atoms with Gasteiger partial charge in [0.05, 0.1) is 12.7 Å². The van der Waals surface area contributed by atoms with E-state index in [2.05, 4.69) is 22.2 Å². The average Bonchev–Trinajstić information content (AvgIpc) is 3.50. The van der Waals surface area contributed by atoms with Gasteiger partial charge < -0.3 is 14.8 Å². The molecule has 0 saturated heterocycles. The molecule has 2 fully saturated rings. The van der Waals surface area contributed by atoms with Gasteiger partial charge in [-0.05, 0) is 74.5 Å². The summed E-state index contributed by atoms with van der Waals surface area (Å²) >= 11 is 1.52. The fourth-order valence-electron chi connectivity index (χ4n) is 5.45. The third-order valence-corrected chi connectivity index (χ3v) is 7.96. The zero-order chi connectivity index (χ0) is 23.4.